The molecule has 8 heteroatoms. The number of hydrogen-bond acceptors (Lipinski definition) is 5. The van der Waals surface area contributed by atoms with E-state index < -0.39 is 33.4 Å². The normalized spacial score (nSPS) is 32.4. The molecule has 0 aliphatic carbocycles. The Kier molecular flexibility index (Phi) is 7.72. The minimum Gasteiger partial charge on any atom is -0.394 e. The van der Waals surface area contributed by atoms with Gasteiger partial charge in [-0.1, -0.05) is 57.2 Å². The zero-order chi connectivity index (χ0) is 29.0. The molecule has 0 aromatic heterocycles. The van der Waals surface area contributed by atoms with E-state index in [1.165, 1.54) is 0 Å². The largest absolute Gasteiger partial charge is 0.394 e. The van der Waals surface area contributed by atoms with Gasteiger partial charge in [-0.2, -0.15) is 0 Å². The van der Waals surface area contributed by atoms with Gasteiger partial charge in [-0.15, -0.1) is 11.8 Å². The molecule has 0 radical (unpaired) electrons. The zero-order valence-corrected chi connectivity index (χ0v) is 25.4. The van der Waals surface area contributed by atoms with E-state index in [0.717, 1.165) is 23.2 Å². The highest BCUT2D eigenvalue weighted by Gasteiger charge is 2.74. The van der Waals surface area contributed by atoms with Crippen LogP contribution in [0.3, 0.4) is 0 Å². The van der Waals surface area contributed by atoms with E-state index in [0.29, 0.717) is 26.1 Å². The molecule has 6 atom stereocenters. The molecule has 1 N–H and O–H groups in total. The Morgan fingerprint density at radius 2 is 1.75 bits per heavy atom. The third-order valence-corrected chi connectivity index (χ3v) is 10.9. The van der Waals surface area contributed by atoms with E-state index in [1.807, 2.05) is 43.0 Å². The monoisotopic (exact) mass is 565 g/mol. The second-order valence-corrected chi connectivity index (χ2v) is 14.3. The van der Waals surface area contributed by atoms with Gasteiger partial charge in [-0.25, -0.2) is 0 Å². The van der Waals surface area contributed by atoms with Crippen LogP contribution < -0.4 is 4.90 Å². The number of hydrogen-bond donors (Lipinski definition) is 1. The number of aryl methyl sites for hydroxylation is 2. The number of carbonyl (C=O) groups is 3. The quantitative estimate of drug-likeness (QED) is 0.504. The van der Waals surface area contributed by atoms with E-state index >= 15 is 0 Å². The number of anilines is 1. The molecule has 1 spiro atoms. The first-order valence-corrected chi connectivity index (χ1v) is 15.5. The molecule has 40 heavy (non-hydrogen) atoms. The highest BCUT2D eigenvalue weighted by molar-refractivity contribution is 8.02. The van der Waals surface area contributed by atoms with Gasteiger partial charge in [0.05, 0.1) is 29.2 Å². The molecule has 7 nitrogen and oxygen atoms in total. The Hall–Kier alpha value is -2.58. The van der Waals surface area contributed by atoms with E-state index in [-0.39, 0.29) is 30.2 Å². The summed E-state index contributed by atoms with van der Waals surface area (Å²) < 4.78 is -1.55. The van der Waals surface area contributed by atoms with E-state index in [9.17, 15) is 19.5 Å². The van der Waals surface area contributed by atoms with Crippen molar-refractivity contribution in [3.63, 3.8) is 0 Å². The fourth-order valence-electron chi connectivity index (χ4n) is 7.42. The number of fused-ring (bicyclic) bond motifs is 2. The number of nitrogens with zero attached hydrogens (tertiary/aromatic N) is 3. The SMILES string of the molecule is CCCN1CC=C[C@@]2(C)S[C@]34C=CCN(c5cc(C)ccc5C)C(=O)C3N([C@@H](CO)CC(C)C)C(=O)[C@@H]4[C@H]2C1=O. The molecular formula is C32H43N3O4S. The molecule has 1 aromatic carbocycles. The first-order chi connectivity index (χ1) is 19.0. The summed E-state index contributed by atoms with van der Waals surface area (Å²) in [4.78, 5) is 49.0. The Morgan fingerprint density at radius 1 is 1.02 bits per heavy atom. The lowest BCUT2D eigenvalue weighted by atomic mass is 9.74. The molecule has 1 aromatic rings. The van der Waals surface area contributed by atoms with Crippen LogP contribution >= 0.6 is 11.8 Å². The van der Waals surface area contributed by atoms with E-state index in [4.69, 9.17) is 0 Å². The van der Waals surface area contributed by atoms with Crippen LogP contribution in [0.4, 0.5) is 5.69 Å². The number of aliphatic hydroxyl groups excluding tert-OH is 1. The molecule has 2 saturated heterocycles. The van der Waals surface area contributed by atoms with Gasteiger partial charge in [-0.3, -0.25) is 14.4 Å². The predicted octanol–water partition coefficient (Wildman–Crippen LogP) is 4.11. The summed E-state index contributed by atoms with van der Waals surface area (Å²) in [6.07, 6.45) is 9.63. The number of benzene rings is 1. The van der Waals surface area contributed by atoms with Crippen molar-refractivity contribution in [2.45, 2.75) is 76.0 Å². The Morgan fingerprint density at radius 3 is 2.42 bits per heavy atom. The lowest BCUT2D eigenvalue weighted by molar-refractivity contribution is -0.145. The summed E-state index contributed by atoms with van der Waals surface area (Å²) in [6, 6.07) is 4.75. The van der Waals surface area contributed by atoms with Crippen molar-refractivity contribution in [1.29, 1.82) is 0 Å². The lowest BCUT2D eigenvalue weighted by Crippen LogP contribution is -2.57. The summed E-state index contributed by atoms with van der Waals surface area (Å²) >= 11 is 1.60. The van der Waals surface area contributed by atoms with Crippen molar-refractivity contribution in [3.05, 3.63) is 53.6 Å². The molecule has 3 amide bonds. The van der Waals surface area contributed by atoms with Crippen molar-refractivity contribution >= 4 is 35.2 Å². The summed E-state index contributed by atoms with van der Waals surface area (Å²) in [6.45, 7) is 13.5. The maximum absolute atomic E-state index is 14.8. The van der Waals surface area contributed by atoms with Gasteiger partial charge in [0.2, 0.25) is 11.8 Å². The maximum Gasteiger partial charge on any atom is 0.251 e. The smallest absolute Gasteiger partial charge is 0.251 e. The number of thioether (sulfide) groups is 1. The van der Waals surface area contributed by atoms with Crippen LogP contribution in [0.2, 0.25) is 0 Å². The van der Waals surface area contributed by atoms with Crippen LogP contribution in [-0.4, -0.2) is 80.4 Å². The van der Waals surface area contributed by atoms with Crippen molar-refractivity contribution in [2.24, 2.45) is 17.8 Å². The van der Waals surface area contributed by atoms with Crippen molar-refractivity contribution in [1.82, 2.24) is 9.80 Å². The summed E-state index contributed by atoms with van der Waals surface area (Å²) in [5.41, 5.74) is 2.87. The number of rotatable bonds is 7. The summed E-state index contributed by atoms with van der Waals surface area (Å²) in [5.74, 6) is -1.42. The van der Waals surface area contributed by atoms with Crippen LogP contribution in [0.25, 0.3) is 0 Å². The Bertz CT molecular complexity index is 1260. The maximum atomic E-state index is 14.8. The van der Waals surface area contributed by atoms with Crippen LogP contribution in [0.15, 0.2) is 42.5 Å². The van der Waals surface area contributed by atoms with Gasteiger partial charge in [0.25, 0.3) is 5.91 Å². The van der Waals surface area contributed by atoms with E-state index in [2.05, 4.69) is 45.9 Å². The second-order valence-electron chi connectivity index (χ2n) is 12.5. The molecule has 4 aliphatic heterocycles. The topological polar surface area (TPSA) is 81.2 Å². The standard InChI is InChI=1S/C32H43N3O4S/c1-7-14-33-15-8-12-31(6)25(28(33)37)26-29(38)35(23(19-36)17-20(2)3)27-30(39)34(16-9-13-32(26,27)40-31)24-18-21(4)10-11-22(24)5/h8-13,18,20,23,25-27,36H,7,14-17,19H2,1-6H3/t23-,25+,26+,27?,31-,32+/m1/s1. The first kappa shape index (κ1) is 28.9. The minimum atomic E-state index is -0.917. The second kappa shape index (κ2) is 10.7. The van der Waals surface area contributed by atoms with Crippen molar-refractivity contribution < 1.29 is 19.5 Å². The molecule has 216 valence electrons. The molecule has 2 fully saturated rings. The van der Waals surface area contributed by atoms with Crippen LogP contribution in [0.1, 0.15) is 51.7 Å². The van der Waals surface area contributed by atoms with Gasteiger partial charge < -0.3 is 19.8 Å². The van der Waals surface area contributed by atoms with Gasteiger partial charge in [-0.05, 0) is 56.7 Å². The minimum absolute atomic E-state index is 0.0152. The van der Waals surface area contributed by atoms with Gasteiger partial charge in [0.15, 0.2) is 0 Å². The number of carbonyl (C=O) groups excluding carboxylic acids is 3. The predicted molar refractivity (Wildman–Crippen MR) is 160 cm³/mol. The molecule has 4 heterocycles. The fraction of sp³-hybridized carbons (Fsp3) is 0.594. The fourth-order valence-corrected chi connectivity index (χ4v) is 9.57. The average molecular weight is 566 g/mol. The number of likely N-dealkylation sites (tertiary alicyclic amines) is 1. The average Bonchev–Trinajstić information content (AvgIpc) is 3.18. The third-order valence-electron chi connectivity index (χ3n) is 9.07. The van der Waals surface area contributed by atoms with E-state index in [1.54, 1.807) is 21.6 Å². The van der Waals surface area contributed by atoms with Crippen molar-refractivity contribution in [2.75, 3.05) is 31.1 Å². The highest BCUT2D eigenvalue weighted by atomic mass is 32.2. The van der Waals surface area contributed by atoms with Crippen LogP contribution in [0, 0.1) is 31.6 Å². The summed E-state index contributed by atoms with van der Waals surface area (Å²) in [5, 5.41) is 10.6. The Balaban J connectivity index is 1.69. The first-order valence-electron chi connectivity index (χ1n) is 14.6. The van der Waals surface area contributed by atoms with Gasteiger partial charge in [0, 0.05) is 30.1 Å². The molecule has 5 rings (SSSR count). The van der Waals surface area contributed by atoms with Gasteiger partial charge >= 0.3 is 0 Å². The highest BCUT2D eigenvalue weighted by Crippen LogP contribution is 2.66. The van der Waals surface area contributed by atoms with Crippen molar-refractivity contribution in [3.8, 4) is 0 Å². The number of aliphatic hydroxyl groups is 1. The van der Waals surface area contributed by atoms with Crippen LogP contribution in [-0.2, 0) is 14.4 Å². The van der Waals surface area contributed by atoms with Crippen LogP contribution in [0.5, 0.6) is 0 Å². The molecular weight excluding hydrogens is 522 g/mol. The molecule has 0 bridgehead atoms. The van der Waals surface area contributed by atoms with Gasteiger partial charge in [0.1, 0.15) is 6.04 Å². The third kappa shape index (κ3) is 4.42. The Labute approximate surface area is 242 Å². The molecule has 0 saturated carbocycles. The summed E-state index contributed by atoms with van der Waals surface area (Å²) in [7, 11) is 0. The molecule has 1 unspecified atom stereocenters. The number of amides is 3. The zero-order valence-electron chi connectivity index (χ0n) is 24.6. The lowest BCUT2D eigenvalue weighted by Gasteiger charge is -2.40. The molecule has 4 aliphatic rings.